The summed E-state index contributed by atoms with van der Waals surface area (Å²) < 4.78 is 13.1. The molecular formula is C43H44N4O. The molecule has 0 N–H and O–H groups in total. The number of benzene rings is 4. The van der Waals surface area contributed by atoms with Crippen LogP contribution in [0.15, 0.2) is 103 Å². The van der Waals surface area contributed by atoms with Gasteiger partial charge in [0, 0.05) is 29.2 Å². The first-order chi connectivity index (χ1) is 22.8. The van der Waals surface area contributed by atoms with Crippen LogP contribution in [0.5, 0.6) is 11.5 Å². The number of hydrogen-bond acceptors (Lipinski definition) is 2. The quantitative estimate of drug-likeness (QED) is 0.140. The predicted octanol–water partition coefficient (Wildman–Crippen LogP) is 10.4. The summed E-state index contributed by atoms with van der Waals surface area (Å²) in [7, 11) is 0. The Kier molecular flexibility index (Phi) is 7.54. The zero-order valence-electron chi connectivity index (χ0n) is 29.5. The standard InChI is InChI=1S/C43H44N4O/c1-28-21-30(3)38(22-29(28)2)46-27-45(26-40(46)43(7,8)9)32-13-12-14-33(24-32)48-34-17-18-36-35-15-10-11-16-37(35)47(39(36)25-34)41-23-31(19-20-44-41)42(4,5)6/h10-26H,1-9H3. The van der Waals surface area contributed by atoms with Gasteiger partial charge in [0.2, 0.25) is 0 Å². The summed E-state index contributed by atoms with van der Waals surface area (Å²) in [5, 5.41) is 2.35. The number of aromatic nitrogens is 4. The summed E-state index contributed by atoms with van der Waals surface area (Å²) in [5.41, 5.74) is 10.5. The Morgan fingerprint density at radius 1 is 0.667 bits per heavy atom. The largest absolute Gasteiger partial charge is 0.458 e. The number of rotatable bonds is 5. The highest BCUT2D eigenvalue weighted by Gasteiger charge is 2.23. The molecule has 3 heterocycles. The van der Waals surface area contributed by atoms with Crippen LogP contribution < -0.4 is 9.30 Å². The lowest BCUT2D eigenvalue weighted by atomic mass is 9.88. The van der Waals surface area contributed by atoms with Crippen molar-refractivity contribution in [1.82, 2.24) is 14.1 Å². The van der Waals surface area contributed by atoms with Crippen molar-refractivity contribution < 1.29 is 9.30 Å². The van der Waals surface area contributed by atoms with Gasteiger partial charge in [-0.05, 0) is 103 Å². The lowest BCUT2D eigenvalue weighted by Crippen LogP contribution is -2.39. The summed E-state index contributed by atoms with van der Waals surface area (Å²) in [6, 6.07) is 31.9. The smallest absolute Gasteiger partial charge is 0.269 e. The second kappa shape index (κ2) is 11.5. The van der Waals surface area contributed by atoms with Crippen molar-refractivity contribution >= 4 is 21.8 Å². The van der Waals surface area contributed by atoms with Gasteiger partial charge in [0.25, 0.3) is 6.33 Å². The number of para-hydroxylation sites is 1. The number of aryl methyl sites for hydroxylation is 3. The minimum absolute atomic E-state index is 0.0116. The van der Waals surface area contributed by atoms with Crippen LogP contribution in [0.2, 0.25) is 0 Å². The Morgan fingerprint density at radius 2 is 1.40 bits per heavy atom. The van der Waals surface area contributed by atoms with Crippen molar-refractivity contribution in [1.29, 1.82) is 0 Å². The van der Waals surface area contributed by atoms with Crippen LogP contribution in [0.25, 0.3) is 39.0 Å². The van der Waals surface area contributed by atoms with Gasteiger partial charge in [0.15, 0.2) is 0 Å². The third-order valence-corrected chi connectivity index (χ3v) is 9.34. The molecular weight excluding hydrogens is 589 g/mol. The van der Waals surface area contributed by atoms with Gasteiger partial charge in [-0.2, -0.15) is 0 Å². The first kappa shape index (κ1) is 31.4. The summed E-state index contributed by atoms with van der Waals surface area (Å²) in [5.74, 6) is 2.43. The molecule has 0 radical (unpaired) electrons. The van der Waals surface area contributed by atoms with Crippen LogP contribution in [0.4, 0.5) is 0 Å². The predicted molar refractivity (Wildman–Crippen MR) is 196 cm³/mol. The summed E-state index contributed by atoms with van der Waals surface area (Å²) >= 11 is 0. The van der Waals surface area contributed by atoms with Gasteiger partial charge in [0.05, 0.1) is 28.1 Å². The average Bonchev–Trinajstić information content (AvgIpc) is 3.63. The maximum absolute atomic E-state index is 6.58. The Labute approximate surface area is 284 Å². The molecule has 0 saturated carbocycles. The monoisotopic (exact) mass is 632 g/mol. The van der Waals surface area contributed by atoms with E-state index >= 15 is 0 Å². The maximum atomic E-state index is 6.58. The molecule has 3 aromatic heterocycles. The summed E-state index contributed by atoms with van der Waals surface area (Å²) in [4.78, 5) is 4.83. The molecule has 0 unspecified atom stereocenters. The fourth-order valence-electron chi connectivity index (χ4n) is 6.50. The van der Waals surface area contributed by atoms with Crippen LogP contribution in [-0.4, -0.2) is 14.1 Å². The highest BCUT2D eigenvalue weighted by molar-refractivity contribution is 6.09. The van der Waals surface area contributed by atoms with Crippen LogP contribution in [-0.2, 0) is 10.8 Å². The van der Waals surface area contributed by atoms with Crippen molar-refractivity contribution in [3.05, 3.63) is 138 Å². The maximum Gasteiger partial charge on any atom is 0.269 e. The number of imidazole rings is 1. The van der Waals surface area contributed by atoms with E-state index in [4.69, 9.17) is 9.72 Å². The fraction of sp³-hybridized carbons (Fsp3) is 0.256. The molecule has 0 bridgehead atoms. The van der Waals surface area contributed by atoms with Crippen molar-refractivity contribution in [3.8, 4) is 28.7 Å². The minimum atomic E-state index is -0.0871. The molecule has 0 aliphatic rings. The van der Waals surface area contributed by atoms with E-state index < -0.39 is 0 Å². The van der Waals surface area contributed by atoms with Gasteiger partial charge in [-0.25, -0.2) is 4.98 Å². The SMILES string of the molecule is Cc1cc(C)c(-[n+]2[c-]n(-c3cccc(Oc4ccc5c6ccccc6n(-c6cc(C(C)(C)C)ccn6)c5c4)c3)cc2C(C)(C)C)cc1C. The third kappa shape index (κ3) is 5.68. The van der Waals surface area contributed by atoms with E-state index in [0.29, 0.717) is 0 Å². The highest BCUT2D eigenvalue weighted by atomic mass is 16.5. The highest BCUT2D eigenvalue weighted by Crippen LogP contribution is 2.36. The lowest BCUT2D eigenvalue weighted by Gasteiger charge is -2.22. The molecule has 5 nitrogen and oxygen atoms in total. The molecule has 242 valence electrons. The molecule has 7 rings (SSSR count). The first-order valence-corrected chi connectivity index (χ1v) is 16.7. The first-order valence-electron chi connectivity index (χ1n) is 16.7. The third-order valence-electron chi connectivity index (χ3n) is 9.34. The zero-order valence-corrected chi connectivity index (χ0v) is 29.5. The van der Waals surface area contributed by atoms with Gasteiger partial charge in [-0.3, -0.25) is 13.7 Å². The van der Waals surface area contributed by atoms with Crippen LogP contribution in [0.1, 0.15) is 69.5 Å². The molecule has 0 amide bonds. The van der Waals surface area contributed by atoms with Gasteiger partial charge < -0.3 is 4.74 Å². The van der Waals surface area contributed by atoms with Crippen LogP contribution in [0, 0.1) is 27.1 Å². The Hall–Kier alpha value is -5.16. The van der Waals surface area contributed by atoms with Gasteiger partial charge in [-0.1, -0.05) is 77.4 Å². The molecule has 5 heteroatoms. The van der Waals surface area contributed by atoms with E-state index in [1.54, 1.807) is 0 Å². The van der Waals surface area contributed by atoms with Crippen molar-refractivity contribution in [2.24, 2.45) is 0 Å². The van der Waals surface area contributed by atoms with Gasteiger partial charge >= 0.3 is 0 Å². The fourth-order valence-corrected chi connectivity index (χ4v) is 6.50. The van der Waals surface area contributed by atoms with Crippen LogP contribution in [0.3, 0.4) is 0 Å². The molecule has 0 saturated heterocycles. The number of pyridine rings is 1. The Morgan fingerprint density at radius 3 is 2.17 bits per heavy atom. The van der Waals surface area contributed by atoms with E-state index in [-0.39, 0.29) is 10.8 Å². The molecule has 0 atom stereocenters. The molecule has 4 aromatic carbocycles. The zero-order chi connectivity index (χ0) is 34.0. The van der Waals surface area contributed by atoms with Crippen molar-refractivity contribution in [3.63, 3.8) is 0 Å². The second-order valence-corrected chi connectivity index (χ2v) is 15.1. The van der Waals surface area contributed by atoms with E-state index in [9.17, 15) is 0 Å². The average molecular weight is 633 g/mol. The summed E-state index contributed by atoms with van der Waals surface area (Å²) in [6.07, 6.45) is 7.75. The number of ether oxygens (including phenoxy) is 1. The Bertz CT molecular complexity index is 2320. The van der Waals surface area contributed by atoms with Crippen molar-refractivity contribution in [2.75, 3.05) is 0 Å². The molecule has 0 spiro atoms. The minimum Gasteiger partial charge on any atom is -0.458 e. The number of fused-ring (bicyclic) bond motifs is 3. The van der Waals surface area contributed by atoms with Gasteiger partial charge in [-0.15, -0.1) is 0 Å². The van der Waals surface area contributed by atoms with Crippen molar-refractivity contribution in [2.45, 2.75) is 73.1 Å². The topological polar surface area (TPSA) is 35.9 Å². The van der Waals surface area contributed by atoms with E-state index in [2.05, 4.69) is 167 Å². The number of hydrogen-bond donors (Lipinski definition) is 0. The van der Waals surface area contributed by atoms with E-state index in [1.807, 2.05) is 18.3 Å². The normalized spacial score (nSPS) is 12.3. The van der Waals surface area contributed by atoms with Crippen LogP contribution >= 0.6 is 0 Å². The molecule has 0 aliphatic heterocycles. The molecule has 0 fully saturated rings. The lowest BCUT2D eigenvalue weighted by molar-refractivity contribution is -0.611. The van der Waals surface area contributed by atoms with Gasteiger partial charge in [0.1, 0.15) is 17.3 Å². The molecule has 48 heavy (non-hydrogen) atoms. The number of nitrogens with zero attached hydrogens (tertiary/aromatic N) is 4. The van der Waals surface area contributed by atoms with E-state index in [0.717, 1.165) is 45.1 Å². The Balaban J connectivity index is 1.29. The van der Waals surface area contributed by atoms with E-state index in [1.165, 1.54) is 33.3 Å². The molecule has 7 aromatic rings. The molecule has 0 aliphatic carbocycles. The summed E-state index contributed by atoms with van der Waals surface area (Å²) in [6.45, 7) is 20.0. The second-order valence-electron chi connectivity index (χ2n) is 15.1.